The molecule has 1 atom stereocenters. The number of carbonyl (C=O) groups is 1. The first-order valence-electron chi connectivity index (χ1n) is 4.42. The predicted octanol–water partition coefficient (Wildman–Crippen LogP) is 4.53. The fraction of sp³-hybridized carbons (Fsp3) is 0.500. The van der Waals surface area contributed by atoms with Gasteiger partial charge in [0.1, 0.15) is 4.34 Å². The van der Waals surface area contributed by atoms with Crippen molar-refractivity contribution < 1.29 is 4.79 Å². The average Bonchev–Trinajstić information content (AvgIpc) is 2.42. The normalized spacial score (nSPS) is 13.3. The third kappa shape index (κ3) is 2.50. The van der Waals surface area contributed by atoms with Crippen LogP contribution in [0.4, 0.5) is 0 Å². The predicted molar refractivity (Wildman–Crippen MR) is 62.7 cm³/mol. The summed E-state index contributed by atoms with van der Waals surface area (Å²) in [6, 6.07) is 1.65. The van der Waals surface area contributed by atoms with Gasteiger partial charge in [-0.1, -0.05) is 44.0 Å². The zero-order valence-electron chi connectivity index (χ0n) is 8.30. The van der Waals surface area contributed by atoms with E-state index in [2.05, 4.69) is 0 Å². The van der Waals surface area contributed by atoms with Gasteiger partial charge in [-0.15, -0.1) is 11.3 Å². The molecular formula is C10H12Cl2OS. The number of rotatable bonds is 3. The molecule has 78 valence electrons. The minimum atomic E-state index is -0.0156. The van der Waals surface area contributed by atoms with Crippen LogP contribution in [0.2, 0.25) is 8.67 Å². The Kier molecular flexibility index (Phi) is 3.99. The van der Waals surface area contributed by atoms with Gasteiger partial charge in [-0.3, -0.25) is 4.79 Å². The van der Waals surface area contributed by atoms with Gasteiger partial charge in [-0.2, -0.15) is 0 Å². The number of halogens is 2. The Hall–Kier alpha value is -0.0500. The van der Waals surface area contributed by atoms with E-state index in [-0.39, 0.29) is 11.7 Å². The van der Waals surface area contributed by atoms with E-state index in [4.69, 9.17) is 23.2 Å². The van der Waals surface area contributed by atoms with E-state index in [9.17, 15) is 4.79 Å². The van der Waals surface area contributed by atoms with Crippen molar-refractivity contribution in [3.63, 3.8) is 0 Å². The van der Waals surface area contributed by atoms with Crippen LogP contribution in [0, 0.1) is 11.8 Å². The van der Waals surface area contributed by atoms with Crippen LogP contribution in [0.15, 0.2) is 6.07 Å². The number of thiophene rings is 1. The highest BCUT2D eigenvalue weighted by molar-refractivity contribution is 7.20. The van der Waals surface area contributed by atoms with Gasteiger partial charge in [0.15, 0.2) is 5.78 Å². The molecule has 1 aromatic rings. The largest absolute Gasteiger partial charge is 0.294 e. The van der Waals surface area contributed by atoms with Crippen molar-refractivity contribution in [1.82, 2.24) is 0 Å². The summed E-state index contributed by atoms with van der Waals surface area (Å²) in [5.74, 6) is 0.378. The van der Waals surface area contributed by atoms with Gasteiger partial charge >= 0.3 is 0 Å². The number of hydrogen-bond acceptors (Lipinski definition) is 2. The molecule has 1 nitrogen and oxygen atoms in total. The minimum absolute atomic E-state index is 0.0156. The summed E-state index contributed by atoms with van der Waals surface area (Å²) >= 11 is 12.9. The molecule has 0 amide bonds. The zero-order chi connectivity index (χ0) is 10.9. The van der Waals surface area contributed by atoms with E-state index in [1.165, 1.54) is 11.3 Å². The maximum Gasteiger partial charge on any atom is 0.168 e. The summed E-state index contributed by atoms with van der Waals surface area (Å²) in [5, 5.41) is 0. The molecule has 0 spiro atoms. The van der Waals surface area contributed by atoms with Crippen LogP contribution in [-0.4, -0.2) is 5.78 Å². The monoisotopic (exact) mass is 250 g/mol. The van der Waals surface area contributed by atoms with Gasteiger partial charge in [0.05, 0.1) is 4.34 Å². The quantitative estimate of drug-likeness (QED) is 0.721. The van der Waals surface area contributed by atoms with Gasteiger partial charge in [-0.05, 0) is 12.0 Å². The molecule has 0 aromatic carbocycles. The van der Waals surface area contributed by atoms with E-state index in [0.717, 1.165) is 0 Å². The topological polar surface area (TPSA) is 17.1 Å². The van der Waals surface area contributed by atoms with E-state index in [0.29, 0.717) is 20.2 Å². The summed E-state index contributed by atoms with van der Waals surface area (Å²) in [7, 11) is 0. The Balaban J connectivity index is 2.95. The summed E-state index contributed by atoms with van der Waals surface area (Å²) in [6.07, 6.45) is 0. The van der Waals surface area contributed by atoms with E-state index in [1.807, 2.05) is 20.8 Å². The van der Waals surface area contributed by atoms with Gasteiger partial charge in [0.2, 0.25) is 0 Å². The third-order valence-corrected chi connectivity index (χ3v) is 3.82. The number of Topliss-reactive ketones (excluding diaryl/α,β-unsaturated/α-hetero) is 1. The molecule has 0 N–H and O–H groups in total. The Morgan fingerprint density at radius 1 is 1.36 bits per heavy atom. The van der Waals surface area contributed by atoms with Gasteiger partial charge in [0.25, 0.3) is 0 Å². The molecule has 0 aliphatic heterocycles. The lowest BCUT2D eigenvalue weighted by Gasteiger charge is -2.13. The lowest BCUT2D eigenvalue weighted by atomic mass is 9.91. The van der Waals surface area contributed by atoms with Gasteiger partial charge in [0, 0.05) is 11.5 Å². The zero-order valence-corrected chi connectivity index (χ0v) is 10.6. The first kappa shape index (κ1) is 12.0. The van der Waals surface area contributed by atoms with Crippen molar-refractivity contribution in [3.05, 3.63) is 20.3 Å². The first-order valence-corrected chi connectivity index (χ1v) is 5.99. The van der Waals surface area contributed by atoms with Crippen LogP contribution in [0.3, 0.4) is 0 Å². The van der Waals surface area contributed by atoms with Crippen LogP contribution < -0.4 is 0 Å². The molecule has 0 aliphatic carbocycles. The van der Waals surface area contributed by atoms with Crippen molar-refractivity contribution in [2.45, 2.75) is 20.8 Å². The number of ketones is 1. The van der Waals surface area contributed by atoms with Crippen molar-refractivity contribution in [2.24, 2.45) is 11.8 Å². The van der Waals surface area contributed by atoms with Gasteiger partial charge in [-0.25, -0.2) is 0 Å². The summed E-state index contributed by atoms with van der Waals surface area (Å²) in [4.78, 5) is 11.9. The lowest BCUT2D eigenvalue weighted by molar-refractivity contribution is 0.0900. The standard InChI is InChI=1S/C10H12Cl2OS/c1-5(2)6(3)9(13)7-4-8(11)14-10(7)12/h4-6H,1-3H3. The summed E-state index contributed by atoms with van der Waals surface area (Å²) in [6.45, 7) is 5.95. The minimum Gasteiger partial charge on any atom is -0.294 e. The number of carbonyl (C=O) groups excluding carboxylic acids is 1. The average molecular weight is 251 g/mol. The van der Waals surface area contributed by atoms with Crippen molar-refractivity contribution in [1.29, 1.82) is 0 Å². The number of hydrogen-bond donors (Lipinski definition) is 0. The molecular weight excluding hydrogens is 239 g/mol. The molecule has 0 radical (unpaired) electrons. The maximum absolute atomic E-state index is 11.9. The van der Waals surface area contributed by atoms with Crippen LogP contribution in [-0.2, 0) is 0 Å². The maximum atomic E-state index is 11.9. The van der Waals surface area contributed by atoms with E-state index < -0.39 is 0 Å². The molecule has 0 saturated heterocycles. The Morgan fingerprint density at radius 2 is 1.93 bits per heavy atom. The fourth-order valence-electron chi connectivity index (χ4n) is 1.06. The molecule has 0 bridgehead atoms. The Morgan fingerprint density at radius 3 is 2.29 bits per heavy atom. The van der Waals surface area contributed by atoms with Crippen LogP contribution >= 0.6 is 34.5 Å². The van der Waals surface area contributed by atoms with Crippen molar-refractivity contribution >= 4 is 40.3 Å². The molecule has 1 rings (SSSR count). The van der Waals surface area contributed by atoms with E-state index >= 15 is 0 Å². The van der Waals surface area contributed by atoms with Crippen LogP contribution in [0.5, 0.6) is 0 Å². The second-order valence-electron chi connectivity index (χ2n) is 3.63. The molecule has 14 heavy (non-hydrogen) atoms. The first-order chi connectivity index (χ1) is 6.43. The highest BCUT2D eigenvalue weighted by atomic mass is 35.5. The molecule has 0 aliphatic rings. The Labute approximate surface area is 98.0 Å². The second-order valence-corrected chi connectivity index (χ2v) is 5.92. The molecule has 0 saturated carbocycles. The van der Waals surface area contributed by atoms with Crippen LogP contribution in [0.1, 0.15) is 31.1 Å². The highest BCUT2D eigenvalue weighted by Gasteiger charge is 2.22. The molecule has 1 unspecified atom stereocenters. The highest BCUT2D eigenvalue weighted by Crippen LogP contribution is 2.33. The summed E-state index contributed by atoms with van der Waals surface area (Å²) < 4.78 is 1.06. The van der Waals surface area contributed by atoms with Crippen LogP contribution in [0.25, 0.3) is 0 Å². The van der Waals surface area contributed by atoms with E-state index in [1.54, 1.807) is 6.07 Å². The molecule has 1 heterocycles. The molecule has 0 fully saturated rings. The molecule has 1 aromatic heterocycles. The smallest absolute Gasteiger partial charge is 0.168 e. The van der Waals surface area contributed by atoms with Gasteiger partial charge < -0.3 is 0 Å². The lowest BCUT2D eigenvalue weighted by Crippen LogP contribution is -2.16. The molecule has 4 heteroatoms. The van der Waals surface area contributed by atoms with Crippen molar-refractivity contribution in [2.75, 3.05) is 0 Å². The fourth-order valence-corrected chi connectivity index (χ4v) is 2.53. The second kappa shape index (κ2) is 4.65. The SMILES string of the molecule is CC(C)C(C)C(=O)c1cc(Cl)sc1Cl. The Bertz CT molecular complexity index is 344. The summed E-state index contributed by atoms with van der Waals surface area (Å²) in [5.41, 5.74) is 0.558. The third-order valence-electron chi connectivity index (χ3n) is 2.34. The van der Waals surface area contributed by atoms with Crippen molar-refractivity contribution in [3.8, 4) is 0 Å².